The van der Waals surface area contributed by atoms with Crippen molar-refractivity contribution in [2.75, 3.05) is 23.4 Å². The molecule has 1 amide bonds. The number of hydrogen-bond acceptors (Lipinski definition) is 3. The summed E-state index contributed by atoms with van der Waals surface area (Å²) >= 11 is 0. The van der Waals surface area contributed by atoms with E-state index >= 15 is 0 Å². The smallest absolute Gasteiger partial charge is 0.236 e. The van der Waals surface area contributed by atoms with E-state index in [0.717, 1.165) is 0 Å². The molecule has 3 N–H and O–H groups in total. The summed E-state index contributed by atoms with van der Waals surface area (Å²) in [6, 6.07) is 5.57. The van der Waals surface area contributed by atoms with E-state index in [4.69, 9.17) is 5.73 Å². The van der Waals surface area contributed by atoms with Gasteiger partial charge in [0.1, 0.15) is 11.6 Å². The van der Waals surface area contributed by atoms with E-state index in [9.17, 15) is 13.4 Å². The van der Waals surface area contributed by atoms with Crippen molar-refractivity contribution >= 4 is 22.4 Å². The van der Waals surface area contributed by atoms with Crippen LogP contribution >= 0.6 is 0 Å². The van der Waals surface area contributed by atoms with Gasteiger partial charge in [-0.05, 0) is 30.7 Å². The Morgan fingerprint density at radius 2 is 2.28 bits per heavy atom. The number of nitrogens with one attached hydrogen (secondary N) is 1. The van der Waals surface area contributed by atoms with Gasteiger partial charge in [0, 0.05) is 22.2 Å². The second kappa shape index (κ2) is 7.23. The number of amides is 1. The molecular formula is C12H17FN2O2S. The molecule has 0 aliphatic heterocycles. The van der Waals surface area contributed by atoms with Crippen LogP contribution in [-0.4, -0.2) is 28.2 Å². The molecule has 0 aliphatic carbocycles. The third-order valence-corrected chi connectivity index (χ3v) is 3.80. The number of carbonyl (C=O) groups is 1. The topological polar surface area (TPSA) is 72.2 Å². The van der Waals surface area contributed by atoms with Crippen LogP contribution in [0.3, 0.4) is 0 Å². The molecule has 2 unspecified atom stereocenters. The molecule has 1 aromatic carbocycles. The Balaban J connectivity index is 2.44. The molecule has 2 atom stereocenters. The van der Waals surface area contributed by atoms with Crippen LogP contribution in [0, 0.1) is 11.7 Å². The molecule has 4 nitrogen and oxygen atoms in total. The fraction of sp³-hybridized carbons (Fsp3) is 0.417. The van der Waals surface area contributed by atoms with Gasteiger partial charge in [0.05, 0.1) is 0 Å². The Labute approximate surface area is 108 Å². The van der Waals surface area contributed by atoms with Gasteiger partial charge < -0.3 is 11.1 Å². The predicted molar refractivity (Wildman–Crippen MR) is 71.1 cm³/mol. The second-order valence-electron chi connectivity index (χ2n) is 4.15. The van der Waals surface area contributed by atoms with Crippen LogP contribution in [0.1, 0.15) is 6.92 Å². The number of hydrogen-bond donors (Lipinski definition) is 2. The Bertz CT molecular complexity index is 440. The molecule has 0 fully saturated rings. The molecule has 0 saturated heterocycles. The highest BCUT2D eigenvalue weighted by Crippen LogP contribution is 2.09. The predicted octanol–water partition coefficient (Wildman–Crippen LogP) is 1.11. The molecular weight excluding hydrogens is 255 g/mol. The standard InChI is InChI=1S/C12H17FN2O2S/c1-9(6-14)7-18(17)8-12(16)15-11-4-2-3-10(13)5-11/h2-5,9H,6-8,14H2,1H3,(H,15,16). The summed E-state index contributed by atoms with van der Waals surface area (Å²) in [5, 5.41) is 2.50. The quantitative estimate of drug-likeness (QED) is 0.814. The van der Waals surface area contributed by atoms with Gasteiger partial charge in [-0.2, -0.15) is 0 Å². The summed E-state index contributed by atoms with van der Waals surface area (Å²) in [5.74, 6) is -0.393. The molecule has 0 aromatic heterocycles. The number of nitrogens with two attached hydrogens (primary N) is 1. The van der Waals surface area contributed by atoms with Crippen LogP contribution in [0.15, 0.2) is 24.3 Å². The van der Waals surface area contributed by atoms with Gasteiger partial charge >= 0.3 is 0 Å². The maximum absolute atomic E-state index is 12.9. The minimum Gasteiger partial charge on any atom is -0.330 e. The van der Waals surface area contributed by atoms with Gasteiger partial charge in [-0.15, -0.1) is 0 Å². The van der Waals surface area contributed by atoms with Crippen molar-refractivity contribution in [3.63, 3.8) is 0 Å². The van der Waals surface area contributed by atoms with E-state index in [1.165, 1.54) is 18.2 Å². The van der Waals surface area contributed by atoms with Crippen LogP contribution in [0.5, 0.6) is 0 Å². The molecule has 0 saturated carbocycles. The second-order valence-corrected chi connectivity index (χ2v) is 5.65. The third-order valence-electron chi connectivity index (χ3n) is 2.27. The van der Waals surface area contributed by atoms with Crippen molar-refractivity contribution in [3.05, 3.63) is 30.1 Å². The molecule has 0 heterocycles. The highest BCUT2D eigenvalue weighted by atomic mass is 32.2. The zero-order valence-electron chi connectivity index (χ0n) is 10.2. The lowest BCUT2D eigenvalue weighted by Gasteiger charge is -2.08. The highest BCUT2D eigenvalue weighted by Gasteiger charge is 2.11. The zero-order chi connectivity index (χ0) is 13.5. The number of halogens is 1. The Hall–Kier alpha value is -1.27. The summed E-state index contributed by atoms with van der Waals surface area (Å²) in [5.41, 5.74) is 5.78. The van der Waals surface area contributed by atoms with Gasteiger partial charge in [0.2, 0.25) is 5.91 Å². The maximum Gasteiger partial charge on any atom is 0.236 e. The van der Waals surface area contributed by atoms with E-state index in [-0.39, 0.29) is 17.6 Å². The summed E-state index contributed by atoms with van der Waals surface area (Å²) in [6.45, 7) is 2.32. The van der Waals surface area contributed by atoms with Crippen molar-refractivity contribution in [3.8, 4) is 0 Å². The van der Waals surface area contributed by atoms with E-state index in [0.29, 0.717) is 18.0 Å². The maximum atomic E-state index is 12.9. The fourth-order valence-electron chi connectivity index (χ4n) is 1.35. The summed E-state index contributed by atoms with van der Waals surface area (Å²) in [7, 11) is -1.24. The monoisotopic (exact) mass is 272 g/mol. The molecule has 1 rings (SSSR count). The van der Waals surface area contributed by atoms with Gasteiger partial charge in [-0.1, -0.05) is 13.0 Å². The van der Waals surface area contributed by atoms with Crippen LogP contribution in [-0.2, 0) is 15.6 Å². The third kappa shape index (κ3) is 5.37. The molecule has 100 valence electrons. The minimum atomic E-state index is -1.24. The number of carbonyl (C=O) groups excluding carboxylic acids is 1. The fourth-order valence-corrected chi connectivity index (χ4v) is 2.61. The molecule has 0 radical (unpaired) electrons. The molecule has 0 aliphatic rings. The van der Waals surface area contributed by atoms with Crippen molar-refractivity contribution in [2.24, 2.45) is 11.7 Å². The van der Waals surface area contributed by atoms with E-state index in [1.54, 1.807) is 6.07 Å². The lowest BCUT2D eigenvalue weighted by Crippen LogP contribution is -2.25. The molecule has 0 spiro atoms. The lowest BCUT2D eigenvalue weighted by atomic mass is 10.2. The van der Waals surface area contributed by atoms with E-state index < -0.39 is 16.6 Å². The van der Waals surface area contributed by atoms with Crippen molar-refractivity contribution < 1.29 is 13.4 Å². The van der Waals surface area contributed by atoms with E-state index in [1.807, 2.05) is 6.92 Å². The Morgan fingerprint density at radius 1 is 1.56 bits per heavy atom. The first-order valence-electron chi connectivity index (χ1n) is 5.61. The van der Waals surface area contributed by atoms with Crippen LogP contribution < -0.4 is 11.1 Å². The van der Waals surface area contributed by atoms with E-state index in [2.05, 4.69) is 5.32 Å². The van der Waals surface area contributed by atoms with Crippen LogP contribution in [0.2, 0.25) is 0 Å². The molecule has 0 bridgehead atoms. The Morgan fingerprint density at radius 3 is 2.89 bits per heavy atom. The van der Waals surface area contributed by atoms with Crippen LogP contribution in [0.4, 0.5) is 10.1 Å². The van der Waals surface area contributed by atoms with Gasteiger partial charge in [0.25, 0.3) is 0 Å². The van der Waals surface area contributed by atoms with Gasteiger partial charge in [0.15, 0.2) is 0 Å². The summed E-state index contributed by atoms with van der Waals surface area (Å²) in [4.78, 5) is 11.5. The Kier molecular flexibility index (Phi) is 5.94. The molecule has 18 heavy (non-hydrogen) atoms. The first kappa shape index (κ1) is 14.8. The zero-order valence-corrected chi connectivity index (χ0v) is 11.0. The minimum absolute atomic E-state index is 0.0964. The average molecular weight is 272 g/mol. The molecule has 6 heteroatoms. The van der Waals surface area contributed by atoms with Crippen molar-refractivity contribution in [1.82, 2.24) is 0 Å². The number of anilines is 1. The largest absolute Gasteiger partial charge is 0.330 e. The lowest BCUT2D eigenvalue weighted by molar-refractivity contribution is -0.113. The van der Waals surface area contributed by atoms with Crippen molar-refractivity contribution in [2.45, 2.75) is 6.92 Å². The SMILES string of the molecule is CC(CN)CS(=O)CC(=O)Nc1cccc(F)c1. The van der Waals surface area contributed by atoms with Gasteiger partial charge in [-0.25, -0.2) is 4.39 Å². The molecule has 1 aromatic rings. The van der Waals surface area contributed by atoms with Gasteiger partial charge in [-0.3, -0.25) is 9.00 Å². The number of benzene rings is 1. The summed E-state index contributed by atoms with van der Waals surface area (Å²) in [6.07, 6.45) is 0. The van der Waals surface area contributed by atoms with Crippen LogP contribution in [0.25, 0.3) is 0 Å². The number of rotatable bonds is 6. The summed E-state index contributed by atoms with van der Waals surface area (Å²) < 4.78 is 24.5. The van der Waals surface area contributed by atoms with Crippen molar-refractivity contribution in [1.29, 1.82) is 0 Å². The highest BCUT2D eigenvalue weighted by molar-refractivity contribution is 7.85. The average Bonchev–Trinajstić information content (AvgIpc) is 2.28. The normalized spacial score (nSPS) is 13.9. The first-order valence-corrected chi connectivity index (χ1v) is 7.10. The first-order chi connectivity index (χ1) is 8.51.